The minimum atomic E-state index is -0.416. The predicted molar refractivity (Wildman–Crippen MR) is 116 cm³/mol. The summed E-state index contributed by atoms with van der Waals surface area (Å²) in [5.41, 5.74) is 0.436. The van der Waals surface area contributed by atoms with Crippen molar-refractivity contribution in [1.82, 2.24) is 9.97 Å². The van der Waals surface area contributed by atoms with Gasteiger partial charge in [0, 0.05) is 31.2 Å². The van der Waals surface area contributed by atoms with Crippen molar-refractivity contribution >= 4 is 33.3 Å². The van der Waals surface area contributed by atoms with Crippen LogP contribution in [0.4, 0.5) is 15.9 Å². The predicted octanol–water partition coefficient (Wildman–Crippen LogP) is 5.03. The molecule has 2 aromatic carbocycles. The van der Waals surface area contributed by atoms with E-state index < -0.39 is 5.82 Å². The number of hydrogen-bond donors (Lipinski definition) is 1. The van der Waals surface area contributed by atoms with Gasteiger partial charge < -0.3 is 15.0 Å². The molecule has 0 unspecified atom stereocenters. The Hall–Kier alpha value is -3.00. The molecule has 1 saturated heterocycles. The first kappa shape index (κ1) is 20.3. The van der Waals surface area contributed by atoms with E-state index in [0.717, 1.165) is 19.4 Å². The monoisotopic (exact) mass is 470 g/mol. The van der Waals surface area contributed by atoms with Crippen LogP contribution < -0.4 is 15.0 Å². The molecule has 0 bridgehead atoms. The number of amides is 1. The van der Waals surface area contributed by atoms with Crippen molar-refractivity contribution in [1.29, 1.82) is 0 Å². The second-order valence-electron chi connectivity index (χ2n) is 7.00. The molecule has 3 aromatic rings. The Bertz CT molecular complexity index is 1030. The molecule has 1 atom stereocenters. The molecular weight excluding hydrogens is 451 g/mol. The van der Waals surface area contributed by atoms with Gasteiger partial charge in [0.25, 0.3) is 5.88 Å². The van der Waals surface area contributed by atoms with Gasteiger partial charge in [0.2, 0.25) is 5.91 Å². The van der Waals surface area contributed by atoms with Gasteiger partial charge in [-0.2, -0.15) is 0 Å². The fourth-order valence-corrected chi connectivity index (χ4v) is 3.66. The summed E-state index contributed by atoms with van der Waals surface area (Å²) in [5, 5.41) is 2.81. The number of nitrogens with one attached hydrogen (secondary N) is 1. The van der Waals surface area contributed by atoms with Crippen LogP contribution in [-0.4, -0.2) is 29.0 Å². The van der Waals surface area contributed by atoms with Crippen molar-refractivity contribution in [2.45, 2.75) is 12.8 Å². The molecule has 8 heteroatoms. The molecule has 1 fully saturated rings. The maximum atomic E-state index is 13.7. The van der Waals surface area contributed by atoms with Crippen LogP contribution in [0.3, 0.4) is 0 Å². The Labute approximate surface area is 182 Å². The van der Waals surface area contributed by atoms with E-state index in [1.165, 1.54) is 6.07 Å². The topological polar surface area (TPSA) is 67.4 Å². The number of piperidine rings is 1. The van der Waals surface area contributed by atoms with Gasteiger partial charge in [-0.25, -0.2) is 14.4 Å². The van der Waals surface area contributed by atoms with Gasteiger partial charge in [0.1, 0.15) is 11.6 Å². The molecular formula is C22H20BrFN4O2. The number of aromatic nitrogens is 2. The molecule has 1 aliphatic rings. The summed E-state index contributed by atoms with van der Waals surface area (Å²) in [7, 11) is 0. The smallest absolute Gasteiger partial charge is 0.263 e. The quantitative estimate of drug-likeness (QED) is 0.566. The zero-order valence-corrected chi connectivity index (χ0v) is 17.7. The summed E-state index contributed by atoms with van der Waals surface area (Å²) in [5.74, 6) is 0.865. The number of carbonyl (C=O) groups excluding carboxylic acids is 1. The first-order valence-corrected chi connectivity index (χ1v) is 10.4. The second-order valence-corrected chi connectivity index (χ2v) is 7.86. The van der Waals surface area contributed by atoms with Gasteiger partial charge in [-0.15, -0.1) is 0 Å². The number of halogens is 2. The van der Waals surface area contributed by atoms with Crippen molar-refractivity contribution in [2.24, 2.45) is 5.92 Å². The van der Waals surface area contributed by atoms with Gasteiger partial charge in [-0.1, -0.05) is 18.2 Å². The lowest BCUT2D eigenvalue weighted by molar-refractivity contribution is -0.120. The van der Waals surface area contributed by atoms with E-state index >= 15 is 0 Å². The summed E-state index contributed by atoms with van der Waals surface area (Å²) < 4.78 is 20.0. The van der Waals surface area contributed by atoms with Crippen molar-refractivity contribution in [2.75, 3.05) is 23.3 Å². The number of carbonyl (C=O) groups is 1. The minimum absolute atomic E-state index is 0.143. The van der Waals surface area contributed by atoms with Gasteiger partial charge >= 0.3 is 0 Å². The van der Waals surface area contributed by atoms with Gasteiger partial charge in [0.15, 0.2) is 5.82 Å². The van der Waals surface area contributed by atoms with Crippen molar-refractivity contribution in [3.05, 3.63) is 71.2 Å². The van der Waals surface area contributed by atoms with Crippen LogP contribution in [0.2, 0.25) is 0 Å². The summed E-state index contributed by atoms with van der Waals surface area (Å²) in [6, 6.07) is 13.9. The van der Waals surface area contributed by atoms with Gasteiger partial charge in [0.05, 0.1) is 10.4 Å². The summed E-state index contributed by atoms with van der Waals surface area (Å²) in [6.45, 7) is 1.23. The molecule has 154 valence electrons. The number of rotatable bonds is 5. The fraction of sp³-hybridized carbons (Fsp3) is 0.227. The highest BCUT2D eigenvalue weighted by Crippen LogP contribution is 2.31. The lowest BCUT2D eigenvalue weighted by Crippen LogP contribution is -2.41. The van der Waals surface area contributed by atoms with Crippen molar-refractivity contribution < 1.29 is 13.9 Å². The van der Waals surface area contributed by atoms with Crippen molar-refractivity contribution in [3.8, 4) is 11.6 Å². The molecule has 0 spiro atoms. The summed E-state index contributed by atoms with van der Waals surface area (Å²) in [4.78, 5) is 23.6. The van der Waals surface area contributed by atoms with E-state index in [0.29, 0.717) is 34.2 Å². The Morgan fingerprint density at radius 3 is 2.77 bits per heavy atom. The van der Waals surface area contributed by atoms with Gasteiger partial charge in [-0.3, -0.25) is 4.79 Å². The van der Waals surface area contributed by atoms with E-state index in [4.69, 9.17) is 4.74 Å². The molecule has 2 heterocycles. The van der Waals surface area contributed by atoms with Crippen LogP contribution in [0.5, 0.6) is 11.6 Å². The van der Waals surface area contributed by atoms with Crippen LogP contribution in [0.25, 0.3) is 0 Å². The Kier molecular flexibility index (Phi) is 6.23. The lowest BCUT2D eigenvalue weighted by Gasteiger charge is -2.33. The van der Waals surface area contributed by atoms with Crippen LogP contribution in [0, 0.1) is 11.7 Å². The van der Waals surface area contributed by atoms with Gasteiger partial charge in [-0.05, 0) is 59.1 Å². The molecule has 0 saturated carbocycles. The lowest BCUT2D eigenvalue weighted by atomic mass is 9.97. The first-order valence-electron chi connectivity index (χ1n) is 9.65. The maximum absolute atomic E-state index is 13.7. The molecule has 30 heavy (non-hydrogen) atoms. The van der Waals surface area contributed by atoms with Crippen LogP contribution in [-0.2, 0) is 4.79 Å². The molecule has 1 aromatic heterocycles. The highest BCUT2D eigenvalue weighted by molar-refractivity contribution is 9.10. The zero-order valence-electron chi connectivity index (χ0n) is 16.1. The molecule has 1 amide bonds. The average molecular weight is 471 g/mol. The highest BCUT2D eigenvalue weighted by atomic mass is 79.9. The fourth-order valence-electron chi connectivity index (χ4n) is 3.41. The summed E-state index contributed by atoms with van der Waals surface area (Å²) in [6.07, 6.45) is 4.77. The van der Waals surface area contributed by atoms with E-state index in [9.17, 15) is 9.18 Å². The average Bonchev–Trinajstić information content (AvgIpc) is 2.77. The number of nitrogens with zero attached hydrogens (tertiary/aromatic N) is 3. The van der Waals surface area contributed by atoms with E-state index in [2.05, 4.69) is 31.2 Å². The number of hydrogen-bond acceptors (Lipinski definition) is 5. The normalized spacial score (nSPS) is 16.2. The Morgan fingerprint density at radius 2 is 1.97 bits per heavy atom. The maximum Gasteiger partial charge on any atom is 0.263 e. The third kappa shape index (κ3) is 4.76. The van der Waals surface area contributed by atoms with Crippen molar-refractivity contribution in [3.63, 3.8) is 0 Å². The van der Waals surface area contributed by atoms with E-state index in [1.54, 1.807) is 24.5 Å². The standard InChI is InChI=1S/C22H20BrFN4O2/c23-18-9-8-16(13-19(18)24)27-21(29)15-5-4-12-28(14-15)20-22(26-11-10-25-20)30-17-6-2-1-3-7-17/h1-3,6-11,13,15H,4-5,12,14H2,(H,27,29)/t15-/m1/s1. The van der Waals surface area contributed by atoms with Crippen LogP contribution >= 0.6 is 15.9 Å². The zero-order chi connectivity index (χ0) is 20.9. The van der Waals surface area contributed by atoms with E-state index in [-0.39, 0.29) is 11.8 Å². The number of ether oxygens (including phenoxy) is 1. The third-order valence-electron chi connectivity index (χ3n) is 4.88. The number of para-hydroxylation sites is 1. The minimum Gasteiger partial charge on any atom is -0.436 e. The SMILES string of the molecule is O=C(Nc1ccc(Br)c(F)c1)[C@@H]1CCCN(c2nccnc2Oc2ccccc2)C1. The molecule has 6 nitrogen and oxygen atoms in total. The summed E-state index contributed by atoms with van der Waals surface area (Å²) >= 11 is 3.12. The highest BCUT2D eigenvalue weighted by Gasteiger charge is 2.28. The second kappa shape index (κ2) is 9.21. The number of anilines is 2. The van der Waals surface area contributed by atoms with Crippen LogP contribution in [0.15, 0.2) is 65.4 Å². The molecule has 4 rings (SSSR count). The first-order chi connectivity index (χ1) is 14.6. The molecule has 1 N–H and O–H groups in total. The molecule has 1 aliphatic heterocycles. The number of benzene rings is 2. The Morgan fingerprint density at radius 1 is 1.17 bits per heavy atom. The molecule has 0 aliphatic carbocycles. The van der Waals surface area contributed by atoms with Crippen LogP contribution in [0.1, 0.15) is 12.8 Å². The van der Waals surface area contributed by atoms with E-state index in [1.807, 2.05) is 35.2 Å². The Balaban J connectivity index is 1.47. The molecule has 0 radical (unpaired) electrons. The largest absolute Gasteiger partial charge is 0.436 e. The third-order valence-corrected chi connectivity index (χ3v) is 5.53.